The fraction of sp³-hybridized carbons (Fsp3) is 0.417. The molecule has 0 saturated carbocycles. The molecule has 0 heterocycles. The average Bonchev–Trinajstić information content (AvgIpc) is 2.75. The van der Waals surface area contributed by atoms with E-state index in [0.717, 1.165) is 16.8 Å². The van der Waals surface area contributed by atoms with Gasteiger partial charge >= 0.3 is 0 Å². The Morgan fingerprint density at radius 3 is 1.53 bits per heavy atom. The van der Waals surface area contributed by atoms with Crippen molar-refractivity contribution in [2.45, 2.75) is 67.2 Å². The summed E-state index contributed by atoms with van der Waals surface area (Å²) in [7, 11) is 0. The molecule has 0 aliphatic heterocycles. The Morgan fingerprint density at radius 1 is 0.833 bits per heavy atom. The predicted octanol–water partition coefficient (Wildman–Crippen LogP) is 5.56. The van der Waals surface area contributed by atoms with Crippen molar-refractivity contribution in [3.8, 4) is 0 Å². The number of nitrogens with one attached hydrogen (secondary N) is 1. The first-order chi connectivity index (χ1) is 15.0. The molecule has 0 fully saturated rings. The van der Waals surface area contributed by atoms with Crippen molar-refractivity contribution in [2.75, 3.05) is 11.1 Å². The van der Waals surface area contributed by atoms with Gasteiger partial charge < -0.3 is 20.5 Å². The minimum atomic E-state index is -1.02. The molecule has 0 atom stereocenters. The second-order valence-electron chi connectivity index (χ2n) is 6.56. The zero-order valence-electron chi connectivity index (χ0n) is 21.2. The highest BCUT2D eigenvalue weighted by atomic mass is 16.5. The molecular weight excluding hydrogens is 380 g/mol. The molecule has 0 bridgehead atoms. The Labute approximate surface area is 184 Å². The van der Waals surface area contributed by atoms with Crippen LogP contribution in [0.2, 0.25) is 0 Å². The third-order valence-electron chi connectivity index (χ3n) is 3.05. The molecule has 0 radical (unpaired) electrons. The van der Waals surface area contributed by atoms with Crippen LogP contribution in [0.15, 0.2) is 48.5 Å². The van der Waals surface area contributed by atoms with Gasteiger partial charge in [-0.15, -0.1) is 0 Å². The summed E-state index contributed by atoms with van der Waals surface area (Å²) in [5, 5.41) is 3.33. The number of nitrogens with two attached hydrogens (primary N) is 1. The number of benzene rings is 2. The Balaban J connectivity index is 0. The highest BCUT2D eigenvalue weighted by molar-refractivity contribution is 5.46. The molecule has 0 spiro atoms. The fourth-order valence-corrected chi connectivity index (χ4v) is 1.96. The van der Waals surface area contributed by atoms with Crippen molar-refractivity contribution < 1.29 is 21.8 Å². The zero-order chi connectivity index (χ0) is 25.2. The van der Waals surface area contributed by atoms with Gasteiger partial charge in [-0.2, -0.15) is 0 Å². The minimum absolute atomic E-state index is 0.0230. The van der Waals surface area contributed by atoms with Crippen molar-refractivity contribution >= 4 is 24.3 Å². The maximum absolute atomic E-state index is 10.3. The predicted molar refractivity (Wildman–Crippen MR) is 125 cm³/mol. The molecule has 0 aromatic heterocycles. The maximum atomic E-state index is 10.3. The number of ether oxygens (including phenoxy) is 2. The van der Waals surface area contributed by atoms with Gasteiger partial charge in [0.15, 0.2) is 2.74 Å². The fourth-order valence-electron chi connectivity index (χ4n) is 1.96. The van der Waals surface area contributed by atoms with Gasteiger partial charge in [0.05, 0.1) is 0 Å². The molecule has 0 amide bonds. The summed E-state index contributed by atoms with van der Waals surface area (Å²) in [4.78, 5) is 20.4. The van der Waals surface area contributed by atoms with Crippen molar-refractivity contribution in [3.05, 3.63) is 59.7 Å². The lowest BCUT2D eigenvalue weighted by atomic mass is 10.1. The second-order valence-corrected chi connectivity index (χ2v) is 6.56. The highest BCUT2D eigenvalue weighted by Crippen LogP contribution is 2.15. The van der Waals surface area contributed by atoms with Crippen molar-refractivity contribution in [1.82, 2.24) is 0 Å². The smallest absolute Gasteiger partial charge is 0.293 e. The number of carbonyl (C=O) groups excluding carboxylic acids is 2. The van der Waals surface area contributed by atoms with E-state index in [4.69, 9.17) is 8.48 Å². The molecule has 0 unspecified atom stereocenters. The molecule has 30 heavy (non-hydrogen) atoms. The lowest BCUT2D eigenvalue weighted by molar-refractivity contribution is -0.130. The Bertz CT molecular complexity index is 759. The van der Waals surface area contributed by atoms with Crippen LogP contribution in [0.4, 0.5) is 11.4 Å². The number of rotatable bonds is 5. The molecule has 168 valence electrons. The SMILES string of the molecule is CC.CC.[2H]C(=O)OCc1ccc(N)cc1.[2H]C(=O)OCc1ccc(NC(C)(C)C)cc1. The summed E-state index contributed by atoms with van der Waals surface area (Å²) >= 11 is 0. The first-order valence-corrected chi connectivity index (χ1v) is 10.0. The lowest BCUT2D eigenvalue weighted by Crippen LogP contribution is -2.25. The van der Waals surface area contributed by atoms with E-state index < -0.39 is 12.9 Å². The average molecular weight is 421 g/mol. The maximum Gasteiger partial charge on any atom is 0.293 e. The van der Waals surface area contributed by atoms with Gasteiger partial charge in [0.2, 0.25) is 0 Å². The number of anilines is 2. The van der Waals surface area contributed by atoms with Crippen LogP contribution in [0.25, 0.3) is 0 Å². The van der Waals surface area contributed by atoms with Crippen LogP contribution in [0.1, 0.15) is 62.3 Å². The van der Waals surface area contributed by atoms with Crippen LogP contribution in [-0.2, 0) is 32.3 Å². The Kier molecular flexibility index (Phi) is 15.0. The third kappa shape index (κ3) is 16.0. The molecule has 0 aliphatic rings. The van der Waals surface area contributed by atoms with E-state index in [1.54, 1.807) is 24.3 Å². The van der Waals surface area contributed by atoms with Gasteiger partial charge in [-0.05, 0) is 56.2 Å². The first-order valence-electron chi connectivity index (χ1n) is 11.0. The second kappa shape index (κ2) is 18.0. The topological polar surface area (TPSA) is 90.7 Å². The summed E-state index contributed by atoms with van der Waals surface area (Å²) in [6, 6.07) is 14.5. The molecule has 2 rings (SSSR count). The third-order valence-corrected chi connectivity index (χ3v) is 3.05. The molecule has 0 saturated heterocycles. The van der Waals surface area contributed by atoms with Gasteiger partial charge in [-0.25, -0.2) is 0 Å². The highest BCUT2D eigenvalue weighted by Gasteiger charge is 2.08. The van der Waals surface area contributed by atoms with Crippen LogP contribution >= 0.6 is 0 Å². The van der Waals surface area contributed by atoms with E-state index in [0.29, 0.717) is 5.69 Å². The zero-order valence-corrected chi connectivity index (χ0v) is 19.2. The van der Waals surface area contributed by atoms with Crippen LogP contribution in [-0.4, -0.2) is 18.4 Å². The molecule has 6 nitrogen and oxygen atoms in total. The summed E-state index contributed by atoms with van der Waals surface area (Å²) in [5.41, 5.74) is 8.84. The van der Waals surface area contributed by atoms with E-state index >= 15 is 0 Å². The minimum Gasteiger partial charge on any atom is -0.463 e. The largest absolute Gasteiger partial charge is 0.463 e. The molecule has 0 aliphatic carbocycles. The standard InChI is InChI=1S/C12H17NO2.C8H9NO2.2C2H6/c1-12(2,3)13-11-6-4-10(5-7-11)8-15-9-14;9-8-3-1-7(2-4-8)5-11-6-10;2*1-2/h4-7,9,13H,8H2,1-3H3;1-4,6H,5,9H2;2*1-2H3/i9D;6D;;. The summed E-state index contributed by atoms with van der Waals surface area (Å²) in [5.74, 6) is 0. The first kappa shape index (κ1) is 25.0. The van der Waals surface area contributed by atoms with E-state index in [1.165, 1.54) is 0 Å². The van der Waals surface area contributed by atoms with Gasteiger partial charge in [0.1, 0.15) is 13.2 Å². The number of hydrogen-bond acceptors (Lipinski definition) is 6. The number of hydrogen-bond donors (Lipinski definition) is 2. The summed E-state index contributed by atoms with van der Waals surface area (Å²) in [6.45, 7) is 14.5. The van der Waals surface area contributed by atoms with E-state index in [1.807, 2.05) is 52.0 Å². The van der Waals surface area contributed by atoms with E-state index in [2.05, 4.69) is 35.6 Å². The van der Waals surface area contributed by atoms with Gasteiger partial charge in [-0.1, -0.05) is 52.0 Å². The van der Waals surface area contributed by atoms with E-state index in [9.17, 15) is 9.59 Å². The van der Waals surface area contributed by atoms with Crippen LogP contribution in [0, 0.1) is 0 Å². The molecule has 2 aromatic carbocycles. The van der Waals surface area contributed by atoms with Crippen molar-refractivity contribution in [1.29, 1.82) is 0 Å². The summed E-state index contributed by atoms with van der Waals surface area (Å²) < 4.78 is 22.1. The quantitative estimate of drug-likeness (QED) is 0.486. The molecule has 2 aromatic rings. The molecule has 6 heteroatoms. The van der Waals surface area contributed by atoms with Gasteiger partial charge in [-0.3, -0.25) is 9.59 Å². The van der Waals surface area contributed by atoms with E-state index in [-0.39, 0.29) is 18.8 Å². The molecule has 3 N–H and O–H groups in total. The van der Waals surface area contributed by atoms with Crippen LogP contribution in [0.5, 0.6) is 0 Å². The van der Waals surface area contributed by atoms with Crippen molar-refractivity contribution in [3.63, 3.8) is 0 Å². The molecular formula is C24H38N2O4. The van der Waals surface area contributed by atoms with Gasteiger partial charge in [0.25, 0.3) is 12.9 Å². The summed E-state index contributed by atoms with van der Waals surface area (Å²) in [6.07, 6.45) is -2.02. The van der Waals surface area contributed by atoms with Gasteiger partial charge in [0, 0.05) is 16.9 Å². The number of nitrogen functional groups attached to an aromatic ring is 1. The number of carbonyl (C=O) groups is 2. The Hall–Kier alpha value is -3.02. The van der Waals surface area contributed by atoms with Crippen LogP contribution < -0.4 is 11.1 Å². The monoisotopic (exact) mass is 420 g/mol. The normalized spacial score (nSPS) is 10.1. The van der Waals surface area contributed by atoms with Crippen molar-refractivity contribution in [2.24, 2.45) is 0 Å². The Morgan fingerprint density at radius 2 is 1.20 bits per heavy atom. The lowest BCUT2D eigenvalue weighted by Gasteiger charge is -2.22. The van der Waals surface area contributed by atoms with Crippen LogP contribution in [0.3, 0.4) is 0 Å².